The lowest BCUT2D eigenvalue weighted by molar-refractivity contribution is 0.711. The number of para-hydroxylation sites is 1. The van der Waals surface area contributed by atoms with Crippen molar-refractivity contribution in [3.63, 3.8) is 0 Å². The van der Waals surface area contributed by atoms with E-state index in [1.54, 1.807) is 0 Å². The summed E-state index contributed by atoms with van der Waals surface area (Å²) in [5.41, 5.74) is 8.86. The first-order valence-electron chi connectivity index (χ1n) is 8.36. The molecule has 2 aromatic heterocycles. The molecule has 26 heavy (non-hydrogen) atoms. The van der Waals surface area contributed by atoms with Crippen molar-refractivity contribution in [2.75, 3.05) is 11.9 Å². The number of halogens is 2. The average Bonchev–Trinajstić information content (AvgIpc) is 2.60. The molecular weight excluding hydrogens is 369 g/mol. The Morgan fingerprint density at radius 2 is 1.85 bits per heavy atom. The topological polar surface area (TPSA) is 76.7 Å². The van der Waals surface area contributed by atoms with E-state index in [4.69, 9.17) is 10.7 Å². The molecular formula is C19H25Cl2N5. The third kappa shape index (κ3) is 4.81. The van der Waals surface area contributed by atoms with Crippen molar-refractivity contribution in [2.45, 2.75) is 32.7 Å². The second-order valence-electron chi connectivity index (χ2n) is 5.85. The Morgan fingerprint density at radius 3 is 2.54 bits per heavy atom. The van der Waals surface area contributed by atoms with Crippen LogP contribution in [0.3, 0.4) is 0 Å². The van der Waals surface area contributed by atoms with Gasteiger partial charge in [-0.3, -0.25) is 4.98 Å². The zero-order valence-electron chi connectivity index (χ0n) is 15.0. The summed E-state index contributed by atoms with van der Waals surface area (Å²) in [6.45, 7) is 4.77. The first-order valence-corrected chi connectivity index (χ1v) is 8.36. The minimum atomic E-state index is 0. The van der Waals surface area contributed by atoms with E-state index in [1.165, 1.54) is 5.56 Å². The quantitative estimate of drug-likeness (QED) is 0.654. The lowest BCUT2D eigenvalue weighted by atomic mass is 10.1. The van der Waals surface area contributed by atoms with Crippen molar-refractivity contribution in [3.8, 4) is 0 Å². The van der Waals surface area contributed by atoms with Crippen LogP contribution in [0.15, 0.2) is 42.6 Å². The smallest absolute Gasteiger partial charge is 0.138 e. The molecule has 3 N–H and O–H groups in total. The van der Waals surface area contributed by atoms with Crippen molar-refractivity contribution >= 4 is 41.5 Å². The maximum absolute atomic E-state index is 5.68. The molecule has 3 aromatic rings. The lowest BCUT2D eigenvalue weighted by Gasteiger charge is -2.20. The van der Waals surface area contributed by atoms with E-state index < -0.39 is 0 Å². The van der Waals surface area contributed by atoms with Gasteiger partial charge in [0.1, 0.15) is 11.6 Å². The zero-order valence-corrected chi connectivity index (χ0v) is 16.6. The van der Waals surface area contributed by atoms with Gasteiger partial charge in [0.05, 0.1) is 17.3 Å². The molecule has 2 heterocycles. The second kappa shape index (κ2) is 10.3. The Labute approximate surface area is 166 Å². The van der Waals surface area contributed by atoms with Gasteiger partial charge in [0.25, 0.3) is 0 Å². The number of aryl methyl sites for hydroxylation is 1. The van der Waals surface area contributed by atoms with Crippen LogP contribution in [-0.4, -0.2) is 21.5 Å². The van der Waals surface area contributed by atoms with Crippen molar-refractivity contribution in [3.05, 3.63) is 59.7 Å². The summed E-state index contributed by atoms with van der Waals surface area (Å²) in [6.07, 6.45) is 3.42. The molecule has 0 saturated carbocycles. The summed E-state index contributed by atoms with van der Waals surface area (Å²) in [5, 5.41) is 4.59. The Balaban J connectivity index is 0.00000169. The van der Waals surface area contributed by atoms with Crippen molar-refractivity contribution < 1.29 is 0 Å². The maximum atomic E-state index is 5.68. The first kappa shape index (κ1) is 22.1. The van der Waals surface area contributed by atoms with Crippen molar-refractivity contribution in [1.29, 1.82) is 0 Å². The van der Waals surface area contributed by atoms with Gasteiger partial charge in [-0.25, -0.2) is 9.97 Å². The molecule has 0 amide bonds. The van der Waals surface area contributed by atoms with Crippen LogP contribution in [0.1, 0.15) is 36.5 Å². The highest BCUT2D eigenvalue weighted by Crippen LogP contribution is 2.27. The summed E-state index contributed by atoms with van der Waals surface area (Å²) in [7, 11) is 0. The first-order chi connectivity index (χ1) is 11.7. The zero-order chi connectivity index (χ0) is 16.9. The fourth-order valence-corrected chi connectivity index (χ4v) is 2.87. The van der Waals surface area contributed by atoms with Crippen LogP contribution in [-0.2, 0) is 6.42 Å². The molecule has 1 unspecified atom stereocenters. The standard InChI is InChI=1S/C19H23N5.2ClH/c1-3-15(18-13(2)7-6-12-21-18)23-19-14-8-4-5-9-16(14)22-17(24-19)10-11-20;;/h4-9,12,15H,3,10-11,20H2,1-2H3,(H,22,23,24);2*1H. The van der Waals surface area contributed by atoms with Crippen LogP contribution < -0.4 is 11.1 Å². The molecule has 0 saturated heterocycles. The monoisotopic (exact) mass is 393 g/mol. The van der Waals surface area contributed by atoms with Crippen LogP contribution in [0.4, 0.5) is 5.82 Å². The summed E-state index contributed by atoms with van der Waals surface area (Å²) in [6, 6.07) is 12.2. The summed E-state index contributed by atoms with van der Waals surface area (Å²) >= 11 is 0. The van der Waals surface area contributed by atoms with Gasteiger partial charge in [-0.05, 0) is 43.7 Å². The number of nitrogens with one attached hydrogen (secondary N) is 1. The maximum Gasteiger partial charge on any atom is 0.138 e. The number of rotatable bonds is 6. The van der Waals surface area contributed by atoms with Gasteiger partial charge < -0.3 is 11.1 Å². The van der Waals surface area contributed by atoms with E-state index in [1.807, 2.05) is 36.5 Å². The highest BCUT2D eigenvalue weighted by Gasteiger charge is 2.16. The minimum absolute atomic E-state index is 0. The van der Waals surface area contributed by atoms with Crippen LogP contribution >= 0.6 is 24.8 Å². The van der Waals surface area contributed by atoms with Crippen molar-refractivity contribution in [1.82, 2.24) is 15.0 Å². The average molecular weight is 394 g/mol. The molecule has 140 valence electrons. The predicted molar refractivity (Wildman–Crippen MR) is 112 cm³/mol. The van der Waals surface area contributed by atoms with E-state index in [0.29, 0.717) is 13.0 Å². The molecule has 1 atom stereocenters. The van der Waals surface area contributed by atoms with E-state index in [-0.39, 0.29) is 30.9 Å². The number of nitrogens with zero attached hydrogens (tertiary/aromatic N) is 3. The molecule has 0 spiro atoms. The van der Waals surface area contributed by atoms with Gasteiger partial charge in [0, 0.05) is 18.0 Å². The van der Waals surface area contributed by atoms with E-state index >= 15 is 0 Å². The summed E-state index contributed by atoms with van der Waals surface area (Å²) in [4.78, 5) is 13.9. The fourth-order valence-electron chi connectivity index (χ4n) is 2.87. The number of pyridine rings is 1. The Bertz CT molecular complexity index is 841. The largest absolute Gasteiger partial charge is 0.361 e. The molecule has 0 aliphatic heterocycles. The molecule has 0 aliphatic rings. The van der Waals surface area contributed by atoms with Gasteiger partial charge in [-0.1, -0.05) is 25.1 Å². The van der Waals surface area contributed by atoms with Gasteiger partial charge >= 0.3 is 0 Å². The molecule has 0 aliphatic carbocycles. The Kier molecular flexibility index (Phi) is 8.72. The number of benzene rings is 1. The van der Waals surface area contributed by atoms with Crippen LogP contribution in [0.2, 0.25) is 0 Å². The molecule has 0 radical (unpaired) electrons. The number of fused-ring (bicyclic) bond motifs is 1. The van der Waals surface area contributed by atoms with Gasteiger partial charge in [0.15, 0.2) is 0 Å². The van der Waals surface area contributed by atoms with Crippen molar-refractivity contribution in [2.24, 2.45) is 5.73 Å². The SMILES string of the molecule is CCC(Nc1nc(CCN)nc2ccccc12)c1ncccc1C.Cl.Cl. The third-order valence-corrected chi connectivity index (χ3v) is 4.12. The Hall–Kier alpha value is -1.95. The highest BCUT2D eigenvalue weighted by molar-refractivity contribution is 5.89. The number of hydrogen-bond acceptors (Lipinski definition) is 5. The Morgan fingerprint density at radius 1 is 1.08 bits per heavy atom. The number of aromatic nitrogens is 3. The van der Waals surface area contributed by atoms with Crippen LogP contribution in [0.25, 0.3) is 10.9 Å². The molecule has 7 heteroatoms. The van der Waals surface area contributed by atoms with E-state index in [0.717, 1.165) is 34.7 Å². The minimum Gasteiger partial charge on any atom is -0.361 e. The predicted octanol–water partition coefficient (Wildman–Crippen LogP) is 4.24. The van der Waals surface area contributed by atoms with E-state index in [9.17, 15) is 0 Å². The van der Waals surface area contributed by atoms with Gasteiger partial charge in [-0.2, -0.15) is 0 Å². The summed E-state index contributed by atoms with van der Waals surface area (Å²) in [5.74, 6) is 1.62. The molecule has 0 fully saturated rings. The normalized spacial score (nSPS) is 11.3. The van der Waals surface area contributed by atoms with Gasteiger partial charge in [-0.15, -0.1) is 24.8 Å². The van der Waals surface area contributed by atoms with Crippen LogP contribution in [0, 0.1) is 6.92 Å². The lowest BCUT2D eigenvalue weighted by Crippen LogP contribution is -2.15. The fraction of sp³-hybridized carbons (Fsp3) is 0.316. The molecule has 0 bridgehead atoms. The number of hydrogen-bond donors (Lipinski definition) is 2. The van der Waals surface area contributed by atoms with Crippen LogP contribution in [0.5, 0.6) is 0 Å². The number of anilines is 1. The second-order valence-corrected chi connectivity index (χ2v) is 5.85. The molecule has 3 rings (SSSR count). The number of nitrogens with two attached hydrogens (primary N) is 1. The van der Waals surface area contributed by atoms with E-state index in [2.05, 4.69) is 35.2 Å². The summed E-state index contributed by atoms with van der Waals surface area (Å²) < 4.78 is 0. The van der Waals surface area contributed by atoms with Gasteiger partial charge in [0.2, 0.25) is 0 Å². The third-order valence-electron chi connectivity index (χ3n) is 4.12. The molecule has 5 nitrogen and oxygen atoms in total. The molecule has 1 aromatic carbocycles. The highest BCUT2D eigenvalue weighted by atomic mass is 35.5.